The summed E-state index contributed by atoms with van der Waals surface area (Å²) < 4.78 is 23.0. The van der Waals surface area contributed by atoms with Gasteiger partial charge in [-0.2, -0.15) is 0 Å². The fraction of sp³-hybridized carbons (Fsp3) is 0.323. The van der Waals surface area contributed by atoms with Crippen LogP contribution in [-0.4, -0.2) is 53.2 Å². The second-order valence-corrected chi connectivity index (χ2v) is 10.9. The number of carbonyl (C=O) groups excluding carboxylic acids is 1. The largest absolute Gasteiger partial charge is 0.391 e. The number of aliphatic hydroxyl groups excluding tert-OH is 1. The van der Waals surface area contributed by atoms with Gasteiger partial charge in [0.2, 0.25) is 5.91 Å². The van der Waals surface area contributed by atoms with Gasteiger partial charge in [0, 0.05) is 13.1 Å². The Morgan fingerprint density at radius 2 is 1.44 bits per heavy atom. The monoisotopic (exact) mass is 547 g/mol. The van der Waals surface area contributed by atoms with Gasteiger partial charge in [-0.3, -0.25) is 4.79 Å². The van der Waals surface area contributed by atoms with E-state index in [0.29, 0.717) is 19.5 Å². The SMILES string of the molecule is CC[C@H](O)[C@@H]1C=C[C@H](S(=O)O)[C@H](C(=O)N[C@H](C)c2ccccc2)N1N(Cc1ccccc1)Cc1ccccc1. The van der Waals surface area contributed by atoms with Crippen molar-refractivity contribution >= 4 is 17.0 Å². The lowest BCUT2D eigenvalue weighted by Gasteiger charge is -2.48. The van der Waals surface area contributed by atoms with Gasteiger partial charge in [-0.1, -0.05) is 110 Å². The minimum absolute atomic E-state index is 0.314. The average Bonchev–Trinajstić information content (AvgIpc) is 2.97. The molecule has 0 saturated heterocycles. The van der Waals surface area contributed by atoms with Crippen LogP contribution in [0, 0.1) is 0 Å². The van der Waals surface area contributed by atoms with Crippen LogP contribution >= 0.6 is 0 Å². The number of rotatable bonds is 11. The molecule has 3 N–H and O–H groups in total. The lowest BCUT2D eigenvalue weighted by molar-refractivity contribution is -0.153. The molecule has 1 aliphatic rings. The minimum atomic E-state index is -2.32. The normalized spacial score (nSPS) is 21.8. The predicted octanol–water partition coefficient (Wildman–Crippen LogP) is 4.45. The maximum absolute atomic E-state index is 14.0. The van der Waals surface area contributed by atoms with E-state index in [-0.39, 0.29) is 11.9 Å². The van der Waals surface area contributed by atoms with Gasteiger partial charge in [-0.15, -0.1) is 0 Å². The summed E-state index contributed by atoms with van der Waals surface area (Å²) in [5.74, 6) is -0.373. The van der Waals surface area contributed by atoms with E-state index in [9.17, 15) is 18.7 Å². The van der Waals surface area contributed by atoms with E-state index in [1.807, 2.05) is 115 Å². The number of hydrogen-bond donors (Lipinski definition) is 3. The zero-order valence-electron chi connectivity index (χ0n) is 22.3. The number of nitrogens with zero attached hydrogens (tertiary/aromatic N) is 2. The Kier molecular flexibility index (Phi) is 10.2. The Hall–Kier alpha value is -3.14. The number of aliphatic hydroxyl groups is 1. The maximum Gasteiger partial charge on any atom is 0.240 e. The van der Waals surface area contributed by atoms with Crippen molar-refractivity contribution < 1.29 is 18.7 Å². The number of nitrogens with one attached hydrogen (secondary N) is 1. The molecule has 7 nitrogen and oxygen atoms in total. The zero-order chi connectivity index (χ0) is 27.8. The van der Waals surface area contributed by atoms with E-state index in [1.165, 1.54) is 0 Å². The summed E-state index contributed by atoms with van der Waals surface area (Å²) in [4.78, 5) is 14.0. The first-order chi connectivity index (χ1) is 18.9. The molecule has 3 aromatic rings. The van der Waals surface area contributed by atoms with E-state index in [2.05, 4.69) is 5.32 Å². The van der Waals surface area contributed by atoms with Crippen molar-refractivity contribution in [3.05, 3.63) is 120 Å². The van der Waals surface area contributed by atoms with Crippen LogP contribution in [0.25, 0.3) is 0 Å². The molecule has 0 fully saturated rings. The third kappa shape index (κ3) is 7.29. The topological polar surface area (TPSA) is 93.1 Å². The van der Waals surface area contributed by atoms with Crippen LogP contribution in [0.2, 0.25) is 0 Å². The highest BCUT2D eigenvalue weighted by molar-refractivity contribution is 7.80. The molecule has 0 radical (unpaired) electrons. The molecule has 3 aromatic carbocycles. The summed E-state index contributed by atoms with van der Waals surface area (Å²) >= 11 is -2.32. The molecular weight excluding hydrogens is 510 g/mol. The first-order valence-electron chi connectivity index (χ1n) is 13.3. The Labute approximate surface area is 233 Å². The fourth-order valence-corrected chi connectivity index (χ4v) is 5.74. The molecule has 1 heterocycles. The van der Waals surface area contributed by atoms with Crippen LogP contribution in [0.15, 0.2) is 103 Å². The smallest absolute Gasteiger partial charge is 0.240 e. The number of amides is 1. The molecule has 1 aliphatic heterocycles. The predicted molar refractivity (Wildman–Crippen MR) is 155 cm³/mol. The van der Waals surface area contributed by atoms with Gasteiger partial charge in [0.05, 0.1) is 18.2 Å². The fourth-order valence-electron chi connectivity index (χ4n) is 5.04. The van der Waals surface area contributed by atoms with Crippen molar-refractivity contribution in [3.63, 3.8) is 0 Å². The molecule has 1 unspecified atom stereocenters. The van der Waals surface area contributed by atoms with Gasteiger partial charge >= 0.3 is 0 Å². The van der Waals surface area contributed by atoms with E-state index < -0.39 is 34.5 Å². The number of hydrogen-bond acceptors (Lipinski definition) is 5. The van der Waals surface area contributed by atoms with Gasteiger partial charge in [0.15, 0.2) is 11.1 Å². The molecule has 0 aliphatic carbocycles. The summed E-state index contributed by atoms with van der Waals surface area (Å²) in [6.45, 7) is 4.67. The molecule has 206 valence electrons. The van der Waals surface area contributed by atoms with Gasteiger partial charge in [-0.25, -0.2) is 14.2 Å². The van der Waals surface area contributed by atoms with Crippen molar-refractivity contribution in [1.82, 2.24) is 15.3 Å². The lowest BCUT2D eigenvalue weighted by Crippen LogP contribution is -2.66. The highest BCUT2D eigenvalue weighted by atomic mass is 32.2. The zero-order valence-corrected chi connectivity index (χ0v) is 23.2. The van der Waals surface area contributed by atoms with Gasteiger partial charge in [0.25, 0.3) is 0 Å². The molecule has 0 spiro atoms. The van der Waals surface area contributed by atoms with E-state index in [0.717, 1.165) is 16.7 Å². The molecule has 1 amide bonds. The maximum atomic E-state index is 14.0. The molecule has 0 aromatic heterocycles. The first-order valence-corrected chi connectivity index (χ1v) is 14.5. The third-order valence-corrected chi connectivity index (χ3v) is 7.99. The summed E-state index contributed by atoms with van der Waals surface area (Å²) in [6.07, 6.45) is 3.04. The Balaban J connectivity index is 1.77. The van der Waals surface area contributed by atoms with Gasteiger partial charge in [0.1, 0.15) is 11.3 Å². The molecular formula is C31H37N3O4S. The van der Waals surface area contributed by atoms with Crippen LogP contribution in [0.4, 0.5) is 0 Å². The second kappa shape index (κ2) is 13.8. The van der Waals surface area contributed by atoms with E-state index in [4.69, 9.17) is 0 Å². The summed E-state index contributed by atoms with van der Waals surface area (Å²) in [7, 11) is 0. The highest BCUT2D eigenvalue weighted by Gasteiger charge is 2.46. The average molecular weight is 548 g/mol. The second-order valence-electron chi connectivity index (χ2n) is 9.85. The molecule has 6 atom stereocenters. The van der Waals surface area contributed by atoms with Crippen molar-refractivity contribution in [2.45, 2.75) is 62.8 Å². The summed E-state index contributed by atoms with van der Waals surface area (Å²) in [6, 6.07) is 27.5. The van der Waals surface area contributed by atoms with Crippen LogP contribution in [-0.2, 0) is 29.0 Å². The highest BCUT2D eigenvalue weighted by Crippen LogP contribution is 2.29. The Morgan fingerprint density at radius 1 is 0.923 bits per heavy atom. The summed E-state index contributed by atoms with van der Waals surface area (Å²) in [5.41, 5.74) is 2.97. The summed E-state index contributed by atoms with van der Waals surface area (Å²) in [5, 5.41) is 17.1. The molecule has 8 heteroatoms. The van der Waals surface area contributed by atoms with E-state index in [1.54, 1.807) is 12.2 Å². The van der Waals surface area contributed by atoms with Crippen LogP contribution in [0.3, 0.4) is 0 Å². The van der Waals surface area contributed by atoms with Gasteiger partial charge < -0.3 is 15.0 Å². The Morgan fingerprint density at radius 3 is 1.92 bits per heavy atom. The third-order valence-electron chi connectivity index (χ3n) is 7.11. The number of benzene rings is 3. The van der Waals surface area contributed by atoms with Crippen molar-refractivity contribution in [2.24, 2.45) is 0 Å². The molecule has 4 rings (SSSR count). The molecule has 0 saturated carbocycles. The Bertz CT molecular complexity index is 1200. The minimum Gasteiger partial charge on any atom is -0.391 e. The number of hydrazine groups is 1. The quantitative estimate of drug-likeness (QED) is 0.243. The first kappa shape index (κ1) is 28.9. The van der Waals surface area contributed by atoms with Crippen LogP contribution in [0.5, 0.6) is 0 Å². The van der Waals surface area contributed by atoms with Crippen LogP contribution < -0.4 is 5.32 Å². The van der Waals surface area contributed by atoms with Crippen molar-refractivity contribution in [1.29, 1.82) is 0 Å². The molecule has 39 heavy (non-hydrogen) atoms. The van der Waals surface area contributed by atoms with Crippen molar-refractivity contribution in [3.8, 4) is 0 Å². The lowest BCUT2D eigenvalue weighted by atomic mass is 9.97. The standard InChI is InChI=1S/C31H37N3O4S/c1-3-28(35)27-19-20-29(39(37)38)30(31(36)32-23(2)26-17-11-6-12-18-26)34(27)33(21-24-13-7-4-8-14-24)22-25-15-9-5-10-16-25/h4-20,23,27-30,35H,3,21-22H2,1-2H3,(H,32,36)(H,37,38)/t23-,27+,28+,29+,30-/m1/s1. The van der Waals surface area contributed by atoms with Crippen molar-refractivity contribution in [2.75, 3.05) is 0 Å². The van der Waals surface area contributed by atoms with Crippen LogP contribution in [0.1, 0.15) is 43.0 Å². The van der Waals surface area contributed by atoms with E-state index >= 15 is 0 Å². The van der Waals surface area contributed by atoms with Gasteiger partial charge in [-0.05, 0) is 30.0 Å². The molecule has 0 bridgehead atoms. The number of carbonyl (C=O) groups is 1.